The molecule has 0 aliphatic heterocycles. The molecule has 4 aromatic rings. The molecule has 0 saturated carbocycles. The first kappa shape index (κ1) is 45.7. The second kappa shape index (κ2) is 21.9. The van der Waals surface area contributed by atoms with E-state index >= 15 is 0 Å². The maximum absolute atomic E-state index is 11.2. The monoisotopic (exact) mass is 862 g/mol. The molecule has 0 aliphatic carbocycles. The second-order valence-electron chi connectivity index (χ2n) is 9.10. The summed E-state index contributed by atoms with van der Waals surface area (Å²) in [4.78, 5) is 44.0. The van der Waals surface area contributed by atoms with Gasteiger partial charge in [0.05, 0.1) is 74.7 Å². The van der Waals surface area contributed by atoms with Crippen molar-refractivity contribution < 1.29 is 48.3 Å². The maximum Gasteiger partial charge on any atom is 0.343 e. The minimum Gasteiger partial charge on any atom is -0.505 e. The van der Waals surface area contributed by atoms with Crippen LogP contribution in [0.2, 0.25) is 40.2 Å². The summed E-state index contributed by atoms with van der Waals surface area (Å²) in [5, 5.41) is 20.2. The third kappa shape index (κ3) is 13.0. The molecule has 51 heavy (non-hydrogen) atoms. The number of halogens is 8. The number of aromatic hydroxyl groups is 1. The molecule has 0 fully saturated rings. The summed E-state index contributed by atoms with van der Waals surface area (Å²) >= 11 is 45.6. The number of esters is 2. The van der Waals surface area contributed by atoms with Crippen LogP contribution < -0.4 is 9.47 Å². The molecule has 4 aromatic carbocycles. The zero-order valence-corrected chi connectivity index (χ0v) is 32.9. The van der Waals surface area contributed by atoms with E-state index in [9.17, 15) is 24.3 Å². The van der Waals surface area contributed by atoms with Crippen LogP contribution in [-0.4, -0.2) is 62.3 Å². The first-order chi connectivity index (χ1) is 23.9. The quantitative estimate of drug-likeness (QED) is 0.142. The number of Topliss-reactive ketones (excluding diaryl/α,β-unsaturated/α-hetero) is 1. The van der Waals surface area contributed by atoms with E-state index in [1.54, 1.807) is 24.3 Å². The summed E-state index contributed by atoms with van der Waals surface area (Å²) in [5.41, 5.74) is 0.386. The van der Waals surface area contributed by atoms with Crippen LogP contribution >= 0.6 is 92.8 Å². The number of rotatable bonds is 6. The Morgan fingerprint density at radius 3 is 1.31 bits per heavy atom. The molecule has 0 atom stereocenters. The normalized spacial score (nSPS) is 9.75. The van der Waals surface area contributed by atoms with Crippen molar-refractivity contribution in [1.29, 1.82) is 0 Å². The number of aromatic carboxylic acids is 1. The molecular formula is C33H26Cl8O10. The number of methoxy groups -OCH3 is 4. The average Bonchev–Trinajstić information content (AvgIpc) is 3.09. The Labute approximate surface area is 332 Å². The summed E-state index contributed by atoms with van der Waals surface area (Å²) in [5.74, 6) is -2.47. The van der Waals surface area contributed by atoms with E-state index in [4.69, 9.17) is 107 Å². The van der Waals surface area contributed by atoms with Crippen LogP contribution in [0.15, 0.2) is 54.6 Å². The zero-order chi connectivity index (χ0) is 39.2. The van der Waals surface area contributed by atoms with Gasteiger partial charge in [-0.3, -0.25) is 4.79 Å². The van der Waals surface area contributed by atoms with Crippen molar-refractivity contribution in [3.8, 4) is 17.2 Å². The van der Waals surface area contributed by atoms with Crippen molar-refractivity contribution in [2.75, 3.05) is 28.4 Å². The SMILES string of the molecule is COC(=O)c1c(Cl)ccc(Cl)c1O.COC(=O)c1cc(Cl)ccc1Cl.COc1c(Cl)ccc(Cl)c1C(=O)O.COc1c(Cl)ccc(Cl)c1C(C)=O. The number of ether oxygens (including phenoxy) is 4. The number of carboxylic acids is 1. The molecule has 0 saturated heterocycles. The second-order valence-corrected chi connectivity index (χ2v) is 12.4. The van der Waals surface area contributed by atoms with Gasteiger partial charge in [-0.05, 0) is 61.5 Å². The smallest absolute Gasteiger partial charge is 0.343 e. The van der Waals surface area contributed by atoms with Gasteiger partial charge in [-0.1, -0.05) is 92.8 Å². The van der Waals surface area contributed by atoms with E-state index in [-0.39, 0.29) is 54.1 Å². The standard InChI is InChI=1S/C9H8Cl2O2.2C8H6Cl2O3.C8H6Cl2O2/c1-5(12)8-6(10)3-4-7(11)9(8)13-2;1-13-7-5(10)3-2-4(9)6(7)8(11)12;1-13-8(12)6-4(9)2-3-5(10)7(6)11;1-12-8(11)6-4-5(9)2-3-7(6)10/h3-4H,1-2H3;2-3H,1H3,(H,11,12);2-3,11H,1H3;2-4H,1H3. The lowest BCUT2D eigenvalue weighted by Gasteiger charge is -2.08. The summed E-state index contributed by atoms with van der Waals surface area (Å²) in [6, 6.07) is 13.5. The van der Waals surface area contributed by atoms with Gasteiger partial charge >= 0.3 is 17.9 Å². The molecule has 0 bridgehead atoms. The van der Waals surface area contributed by atoms with Gasteiger partial charge in [0, 0.05) is 5.02 Å². The molecule has 18 heteroatoms. The molecule has 274 valence electrons. The van der Waals surface area contributed by atoms with E-state index in [1.807, 2.05) is 0 Å². The zero-order valence-electron chi connectivity index (χ0n) is 26.9. The van der Waals surface area contributed by atoms with Gasteiger partial charge in [-0.25, -0.2) is 14.4 Å². The fourth-order valence-electron chi connectivity index (χ4n) is 3.59. The lowest BCUT2D eigenvalue weighted by molar-refractivity contribution is 0.0590. The minimum absolute atomic E-state index is 0.0600. The van der Waals surface area contributed by atoms with Gasteiger partial charge in [0.2, 0.25) is 0 Å². The molecular weight excluding hydrogens is 840 g/mol. The lowest BCUT2D eigenvalue weighted by Crippen LogP contribution is -2.02. The third-order valence-corrected chi connectivity index (χ3v) is 8.30. The number of carbonyl (C=O) groups excluding carboxylic acids is 3. The molecule has 0 spiro atoms. The van der Waals surface area contributed by atoms with Crippen LogP contribution in [0.5, 0.6) is 17.2 Å². The molecule has 4 rings (SSSR count). The number of phenolic OH excluding ortho intramolecular Hbond substituents is 1. The maximum atomic E-state index is 11.2. The fourth-order valence-corrected chi connectivity index (χ4v) is 5.33. The van der Waals surface area contributed by atoms with Gasteiger partial charge in [0.15, 0.2) is 11.5 Å². The van der Waals surface area contributed by atoms with Crippen LogP contribution in [0.4, 0.5) is 0 Å². The van der Waals surface area contributed by atoms with Crippen molar-refractivity contribution in [1.82, 2.24) is 0 Å². The van der Waals surface area contributed by atoms with E-state index in [0.717, 1.165) is 0 Å². The number of phenols is 1. The first-order valence-corrected chi connectivity index (χ1v) is 16.5. The van der Waals surface area contributed by atoms with Crippen LogP contribution in [0, 0.1) is 0 Å². The molecule has 0 heterocycles. The van der Waals surface area contributed by atoms with Gasteiger partial charge in [0.25, 0.3) is 0 Å². The average molecular weight is 866 g/mol. The Bertz CT molecular complexity index is 1830. The van der Waals surface area contributed by atoms with Crippen molar-refractivity contribution in [2.24, 2.45) is 0 Å². The Hall–Kier alpha value is -3.32. The van der Waals surface area contributed by atoms with Gasteiger partial charge in [0.1, 0.15) is 22.6 Å². The molecule has 0 aliphatic rings. The van der Waals surface area contributed by atoms with Crippen molar-refractivity contribution in [3.63, 3.8) is 0 Å². The van der Waals surface area contributed by atoms with Crippen LogP contribution in [0.25, 0.3) is 0 Å². The highest BCUT2D eigenvalue weighted by atomic mass is 35.5. The van der Waals surface area contributed by atoms with Gasteiger partial charge in [-0.2, -0.15) is 0 Å². The van der Waals surface area contributed by atoms with Crippen LogP contribution in [-0.2, 0) is 9.47 Å². The van der Waals surface area contributed by atoms with E-state index in [1.165, 1.54) is 65.7 Å². The predicted octanol–water partition coefficient (Wildman–Crippen LogP) is 11.2. The summed E-state index contributed by atoms with van der Waals surface area (Å²) in [6.07, 6.45) is 0. The van der Waals surface area contributed by atoms with E-state index < -0.39 is 17.9 Å². The van der Waals surface area contributed by atoms with Crippen molar-refractivity contribution in [2.45, 2.75) is 6.92 Å². The largest absolute Gasteiger partial charge is 0.505 e. The number of hydrogen-bond donors (Lipinski definition) is 2. The fraction of sp³-hybridized carbons (Fsp3) is 0.152. The van der Waals surface area contributed by atoms with Crippen LogP contribution in [0.1, 0.15) is 48.4 Å². The Balaban J connectivity index is 0.000000340. The molecule has 0 unspecified atom stereocenters. The van der Waals surface area contributed by atoms with Gasteiger partial charge < -0.3 is 29.2 Å². The first-order valence-electron chi connectivity index (χ1n) is 13.4. The van der Waals surface area contributed by atoms with Crippen molar-refractivity contribution >= 4 is 116 Å². The lowest BCUT2D eigenvalue weighted by atomic mass is 10.1. The number of hydrogen-bond acceptors (Lipinski definition) is 9. The van der Waals surface area contributed by atoms with Crippen LogP contribution in [0.3, 0.4) is 0 Å². The molecule has 10 nitrogen and oxygen atoms in total. The minimum atomic E-state index is -1.16. The van der Waals surface area contributed by atoms with Gasteiger partial charge in [-0.15, -0.1) is 0 Å². The topological polar surface area (TPSA) is 146 Å². The molecule has 0 amide bonds. The Kier molecular flexibility index (Phi) is 19.6. The van der Waals surface area contributed by atoms with Crippen molar-refractivity contribution in [3.05, 3.63) is 117 Å². The van der Waals surface area contributed by atoms with E-state index in [0.29, 0.717) is 31.4 Å². The third-order valence-electron chi connectivity index (χ3n) is 5.89. The predicted molar refractivity (Wildman–Crippen MR) is 200 cm³/mol. The Morgan fingerprint density at radius 2 is 0.922 bits per heavy atom. The summed E-state index contributed by atoms with van der Waals surface area (Å²) < 4.78 is 18.7. The highest BCUT2D eigenvalue weighted by Gasteiger charge is 2.19. The molecule has 0 aromatic heterocycles. The number of ketones is 1. The Morgan fingerprint density at radius 1 is 0.529 bits per heavy atom. The summed E-state index contributed by atoms with van der Waals surface area (Å²) in [6.45, 7) is 1.42. The number of benzene rings is 4. The number of carbonyl (C=O) groups is 4. The molecule has 2 N–H and O–H groups in total. The number of carboxylic acid groups (broad SMARTS) is 1. The molecule has 0 radical (unpaired) electrons. The highest BCUT2D eigenvalue weighted by Crippen LogP contribution is 2.35. The highest BCUT2D eigenvalue weighted by molar-refractivity contribution is 6.38. The summed E-state index contributed by atoms with van der Waals surface area (Å²) in [7, 11) is 5.27. The van der Waals surface area contributed by atoms with E-state index in [2.05, 4.69) is 9.47 Å².